The van der Waals surface area contributed by atoms with Crippen molar-refractivity contribution in [3.05, 3.63) is 0 Å². The minimum absolute atomic E-state index is 0.0143. The smallest absolute Gasteiger partial charge is 0.136 e. The van der Waals surface area contributed by atoms with Gasteiger partial charge in [-0.05, 0) is 31.7 Å². The van der Waals surface area contributed by atoms with Gasteiger partial charge in [-0.2, -0.15) is 0 Å². The van der Waals surface area contributed by atoms with Crippen LogP contribution in [0.15, 0.2) is 0 Å². The largest absolute Gasteiger partial charge is 0.396 e. The number of aliphatic hydroxyl groups excluding tert-OH is 2. The van der Waals surface area contributed by atoms with Crippen LogP contribution in [0.25, 0.3) is 0 Å². The lowest BCUT2D eigenvalue weighted by atomic mass is 9.41. The molecule has 5 aliphatic carbocycles. The van der Waals surface area contributed by atoms with Crippen LogP contribution in [0.2, 0.25) is 0 Å². The molecule has 14 atom stereocenters. The van der Waals surface area contributed by atoms with Gasteiger partial charge in [0.05, 0.1) is 37.1 Å². The average molecular weight is 438 g/mol. The fourth-order valence-electron chi connectivity index (χ4n) is 11.0. The molecule has 4 aliphatic heterocycles. The minimum Gasteiger partial charge on any atom is -0.396 e. The molecule has 8 nitrogen and oxygen atoms in total. The first kappa shape index (κ1) is 20.1. The summed E-state index contributed by atoms with van der Waals surface area (Å²) in [5.41, 5.74) is -4.09. The summed E-state index contributed by atoms with van der Waals surface area (Å²) in [5.74, 6) is -0.631. The number of likely N-dealkylation sites (N-methyl/N-ethyl adjacent to an activating group) is 1. The number of ether oxygens (including phenoxy) is 3. The van der Waals surface area contributed by atoms with Crippen molar-refractivity contribution >= 4 is 0 Å². The Labute approximate surface area is 182 Å². The van der Waals surface area contributed by atoms with Gasteiger partial charge in [0.2, 0.25) is 0 Å². The molecule has 0 aromatic rings. The topological polar surface area (TPSA) is 112 Å². The van der Waals surface area contributed by atoms with Gasteiger partial charge < -0.3 is 34.6 Å². The van der Waals surface area contributed by atoms with Gasteiger partial charge in [0.25, 0.3) is 0 Å². The van der Waals surface area contributed by atoms with Crippen LogP contribution in [0.3, 0.4) is 0 Å². The quantitative estimate of drug-likeness (QED) is 0.458. The zero-order valence-corrected chi connectivity index (χ0v) is 18.5. The Kier molecular flexibility index (Phi) is 3.67. The lowest BCUT2D eigenvalue weighted by Crippen LogP contribution is -2.86. The number of rotatable bonds is 4. The summed E-state index contributed by atoms with van der Waals surface area (Å²) in [7, 11) is 3.25. The maximum atomic E-state index is 12.7. The lowest BCUT2D eigenvalue weighted by Gasteiger charge is -2.76. The van der Waals surface area contributed by atoms with Gasteiger partial charge in [0, 0.05) is 49.2 Å². The second kappa shape index (κ2) is 5.66. The highest BCUT2D eigenvalue weighted by Crippen LogP contribution is 2.83. The maximum Gasteiger partial charge on any atom is 0.136 e. The molecule has 0 aromatic heterocycles. The molecule has 31 heavy (non-hydrogen) atoms. The van der Waals surface area contributed by atoms with Crippen molar-refractivity contribution in [1.82, 2.24) is 4.90 Å². The van der Waals surface area contributed by atoms with Crippen LogP contribution in [-0.4, -0.2) is 101 Å². The van der Waals surface area contributed by atoms with Gasteiger partial charge >= 0.3 is 0 Å². The first-order chi connectivity index (χ1) is 14.8. The number of piperidine rings is 1. The summed E-state index contributed by atoms with van der Waals surface area (Å²) in [6, 6.07) is -0.323. The van der Waals surface area contributed by atoms with Crippen LogP contribution in [0.1, 0.15) is 32.6 Å². The van der Waals surface area contributed by atoms with Crippen molar-refractivity contribution in [2.75, 3.05) is 27.4 Å². The van der Waals surface area contributed by atoms with Gasteiger partial charge in [-0.3, -0.25) is 4.90 Å². The predicted molar refractivity (Wildman–Crippen MR) is 107 cm³/mol. The van der Waals surface area contributed by atoms with Crippen LogP contribution in [-0.2, 0) is 14.2 Å². The summed E-state index contributed by atoms with van der Waals surface area (Å²) in [4.78, 5) is 2.22. The maximum absolute atomic E-state index is 12.7. The molecule has 9 rings (SSSR count). The third-order valence-electron chi connectivity index (χ3n) is 11.5. The molecule has 174 valence electrons. The van der Waals surface area contributed by atoms with E-state index in [1.807, 2.05) is 0 Å². The summed E-state index contributed by atoms with van der Waals surface area (Å²) >= 11 is 0. The van der Waals surface area contributed by atoms with E-state index in [0.717, 1.165) is 19.3 Å². The van der Waals surface area contributed by atoms with E-state index in [2.05, 4.69) is 11.8 Å². The van der Waals surface area contributed by atoms with Crippen LogP contribution in [0, 0.1) is 34.5 Å². The van der Waals surface area contributed by atoms with E-state index in [0.29, 0.717) is 13.0 Å². The Morgan fingerprint density at radius 2 is 1.97 bits per heavy atom. The molecule has 0 aromatic carbocycles. The van der Waals surface area contributed by atoms with Crippen molar-refractivity contribution in [1.29, 1.82) is 0 Å². The summed E-state index contributed by atoms with van der Waals surface area (Å²) in [6.07, 6.45) is 0.687. The van der Waals surface area contributed by atoms with Crippen molar-refractivity contribution in [2.24, 2.45) is 34.5 Å². The number of hydrogen-bond acceptors (Lipinski definition) is 8. The predicted octanol–water partition coefficient (Wildman–Crippen LogP) is -0.673. The molecule has 0 radical (unpaired) electrons. The molecular formula is C23H35NO7. The highest BCUT2D eigenvalue weighted by molar-refractivity contribution is 5.43. The normalized spacial score (nSPS) is 67.5. The molecule has 4 N–H and O–H groups in total. The van der Waals surface area contributed by atoms with Crippen molar-refractivity contribution in [3.63, 3.8) is 0 Å². The standard InChI is InChI=1S/C23H35NO7/c1-4-24-18-22-11-7-10-12(29-2)8-21(27,14(11)15(10)26)23(18,28)17(30-3)16(22)20(9-25)6-5-13(22)31-19(20)24/h10-19,25-28H,4-9H2,1-3H3/t10-,11-,12+,13+,14-,15+,16-,17+,18+,19?,20+,21-,22+,23-/m1/s1. The Morgan fingerprint density at radius 1 is 1.19 bits per heavy atom. The first-order valence-electron chi connectivity index (χ1n) is 12.0. The molecule has 8 heteroatoms. The molecule has 5 saturated carbocycles. The third kappa shape index (κ3) is 1.61. The highest BCUT2D eigenvalue weighted by Gasteiger charge is 2.94. The first-order valence-corrected chi connectivity index (χ1v) is 12.0. The van der Waals surface area contributed by atoms with Crippen molar-refractivity contribution in [2.45, 2.75) is 80.5 Å². The van der Waals surface area contributed by atoms with Crippen molar-refractivity contribution in [3.8, 4) is 0 Å². The SMILES string of the molecule is CCN1C2O[C@H]3CC[C@]2(CO)[C@H]2[C@H](OC)[C@@]4(O)[C@@H]1[C@@]32[C@@H]1C[C@H]2[C@H](O)[C@@H]1[C@]4(O)C[C@@H]2OC. The molecule has 9 bridgehead atoms. The zero-order valence-electron chi connectivity index (χ0n) is 18.5. The number of nitrogens with zero attached hydrogens (tertiary/aromatic N) is 1. The van der Waals surface area contributed by atoms with Gasteiger partial charge in [-0.1, -0.05) is 6.92 Å². The second-order valence-corrected chi connectivity index (χ2v) is 11.5. The Balaban J connectivity index is 1.56. The van der Waals surface area contributed by atoms with E-state index in [9.17, 15) is 20.4 Å². The van der Waals surface area contributed by atoms with Gasteiger partial charge in [-0.25, -0.2) is 0 Å². The van der Waals surface area contributed by atoms with Crippen LogP contribution >= 0.6 is 0 Å². The summed E-state index contributed by atoms with van der Waals surface area (Å²) in [6.45, 7) is 2.69. The zero-order chi connectivity index (χ0) is 21.7. The lowest BCUT2D eigenvalue weighted by molar-refractivity contribution is -0.410. The number of methoxy groups -OCH3 is 2. The molecule has 1 spiro atoms. The Bertz CT molecular complexity index is 828. The van der Waals surface area contributed by atoms with E-state index in [1.165, 1.54) is 0 Å². The fraction of sp³-hybridized carbons (Fsp3) is 1.00. The molecule has 9 aliphatic rings. The summed E-state index contributed by atoms with van der Waals surface area (Å²) in [5, 5.41) is 47.4. The van der Waals surface area contributed by atoms with Crippen molar-refractivity contribution < 1.29 is 34.6 Å². The Hall–Kier alpha value is -0.320. The van der Waals surface area contributed by atoms with Crippen LogP contribution < -0.4 is 0 Å². The highest BCUT2D eigenvalue weighted by atomic mass is 16.5. The van der Waals surface area contributed by atoms with Crippen LogP contribution in [0.4, 0.5) is 0 Å². The minimum atomic E-state index is -1.57. The second-order valence-electron chi connectivity index (χ2n) is 11.5. The van der Waals surface area contributed by atoms with Crippen LogP contribution in [0.5, 0.6) is 0 Å². The van der Waals surface area contributed by atoms with E-state index in [4.69, 9.17) is 14.2 Å². The molecule has 4 saturated heterocycles. The number of hydrogen-bond donors (Lipinski definition) is 4. The number of fused-ring (bicyclic) bond motifs is 3. The average Bonchev–Trinajstić information content (AvgIpc) is 3.16. The molecule has 0 amide bonds. The molecular weight excluding hydrogens is 402 g/mol. The van der Waals surface area contributed by atoms with E-state index >= 15 is 0 Å². The fourth-order valence-corrected chi connectivity index (χ4v) is 11.0. The van der Waals surface area contributed by atoms with Gasteiger partial charge in [0.1, 0.15) is 17.4 Å². The van der Waals surface area contributed by atoms with Gasteiger partial charge in [-0.15, -0.1) is 0 Å². The van der Waals surface area contributed by atoms with E-state index in [-0.39, 0.29) is 48.8 Å². The Morgan fingerprint density at radius 3 is 2.61 bits per heavy atom. The third-order valence-corrected chi connectivity index (χ3v) is 11.5. The number of aliphatic hydroxyl groups is 4. The monoisotopic (exact) mass is 437 g/mol. The molecule has 1 unspecified atom stereocenters. The van der Waals surface area contributed by atoms with E-state index in [1.54, 1.807) is 14.2 Å². The molecule has 4 heterocycles. The van der Waals surface area contributed by atoms with Gasteiger partial charge in [0.15, 0.2) is 0 Å². The van der Waals surface area contributed by atoms with E-state index < -0.39 is 40.2 Å². The molecule has 9 fully saturated rings. The summed E-state index contributed by atoms with van der Waals surface area (Å²) < 4.78 is 18.6.